The van der Waals surface area contributed by atoms with Crippen LogP contribution in [0.25, 0.3) is 11.3 Å². The second-order valence-electron chi connectivity index (χ2n) is 7.18. The lowest BCUT2D eigenvalue weighted by atomic mass is 10.1. The van der Waals surface area contributed by atoms with Crippen molar-refractivity contribution in [3.8, 4) is 22.8 Å². The third kappa shape index (κ3) is 4.67. The first kappa shape index (κ1) is 19.9. The fourth-order valence-electron chi connectivity index (χ4n) is 3.08. The van der Waals surface area contributed by atoms with E-state index < -0.39 is 0 Å². The molecule has 2 heterocycles. The number of fused-ring (bicyclic) bond motifs is 1. The molecule has 0 bridgehead atoms. The Labute approximate surface area is 187 Å². The molecule has 9 heteroatoms. The summed E-state index contributed by atoms with van der Waals surface area (Å²) >= 11 is 2.74. The first-order valence-electron chi connectivity index (χ1n) is 9.85. The fraction of sp³-hybridized carbons (Fsp3) is 0.227. The van der Waals surface area contributed by atoms with Crippen LogP contribution in [-0.4, -0.2) is 35.4 Å². The van der Waals surface area contributed by atoms with Crippen molar-refractivity contribution < 1.29 is 19.1 Å². The van der Waals surface area contributed by atoms with E-state index in [-0.39, 0.29) is 18.6 Å². The Kier molecular flexibility index (Phi) is 5.52. The molecule has 2 amide bonds. The molecule has 3 aromatic rings. The molecular weight excluding hydrogens is 434 g/mol. The Balaban J connectivity index is 1.36. The molecule has 158 valence electrons. The molecule has 0 saturated heterocycles. The van der Waals surface area contributed by atoms with E-state index in [2.05, 4.69) is 10.6 Å². The number of anilines is 1. The molecule has 1 aromatic heterocycles. The Morgan fingerprint density at radius 3 is 2.71 bits per heavy atom. The number of carbonyl (C=O) groups is 2. The summed E-state index contributed by atoms with van der Waals surface area (Å²) in [6.07, 6.45) is 2.11. The quantitative estimate of drug-likeness (QED) is 0.522. The molecule has 5 rings (SSSR count). The number of nitrogens with one attached hydrogen (secondary N) is 2. The predicted molar refractivity (Wildman–Crippen MR) is 120 cm³/mol. The van der Waals surface area contributed by atoms with Crippen LogP contribution in [0.4, 0.5) is 5.00 Å². The van der Waals surface area contributed by atoms with Crippen LogP contribution in [0.3, 0.4) is 0 Å². The minimum absolute atomic E-state index is 0.00917. The standard InChI is InChI=1S/C22H19N3O4S2/c26-18(23-15-7-8-15)11-30-22-24-19(13-4-2-1-3-5-13)21(31-22)25-20(27)14-6-9-16-17(10-14)29-12-28-16/h1-6,9-10,15H,7-8,11-12H2,(H,23,26)(H,25,27). The highest BCUT2D eigenvalue weighted by molar-refractivity contribution is 8.01. The molecule has 1 saturated carbocycles. The van der Waals surface area contributed by atoms with Gasteiger partial charge in [-0.25, -0.2) is 4.98 Å². The second-order valence-corrected chi connectivity index (χ2v) is 9.40. The molecule has 1 aliphatic carbocycles. The molecule has 31 heavy (non-hydrogen) atoms. The highest BCUT2D eigenvalue weighted by Gasteiger charge is 2.24. The van der Waals surface area contributed by atoms with Crippen LogP contribution < -0.4 is 20.1 Å². The van der Waals surface area contributed by atoms with E-state index in [1.807, 2.05) is 30.3 Å². The monoisotopic (exact) mass is 453 g/mol. The molecule has 1 aliphatic heterocycles. The lowest BCUT2D eigenvalue weighted by Crippen LogP contribution is -2.26. The van der Waals surface area contributed by atoms with Crippen LogP contribution in [0.5, 0.6) is 11.5 Å². The van der Waals surface area contributed by atoms with Crippen molar-refractivity contribution in [2.75, 3.05) is 17.9 Å². The van der Waals surface area contributed by atoms with Gasteiger partial charge in [0.1, 0.15) is 10.7 Å². The number of rotatable bonds is 7. The van der Waals surface area contributed by atoms with E-state index in [0.717, 1.165) is 22.7 Å². The van der Waals surface area contributed by atoms with Crippen LogP contribution >= 0.6 is 23.1 Å². The van der Waals surface area contributed by atoms with Gasteiger partial charge in [0, 0.05) is 17.2 Å². The first-order valence-corrected chi connectivity index (χ1v) is 11.7. The van der Waals surface area contributed by atoms with Gasteiger partial charge < -0.3 is 20.1 Å². The maximum absolute atomic E-state index is 12.9. The highest BCUT2D eigenvalue weighted by atomic mass is 32.2. The molecule has 2 N–H and O–H groups in total. The number of thiazole rings is 1. The van der Waals surface area contributed by atoms with Gasteiger partial charge in [-0.05, 0) is 31.0 Å². The van der Waals surface area contributed by atoms with Gasteiger partial charge >= 0.3 is 0 Å². The fourth-order valence-corrected chi connectivity index (χ4v) is 4.95. The highest BCUT2D eigenvalue weighted by Crippen LogP contribution is 2.38. The third-order valence-electron chi connectivity index (χ3n) is 4.79. The molecule has 0 spiro atoms. The molecule has 2 aliphatic rings. The molecule has 2 aromatic carbocycles. The van der Waals surface area contributed by atoms with Gasteiger partial charge in [-0.2, -0.15) is 0 Å². The summed E-state index contributed by atoms with van der Waals surface area (Å²) in [6, 6.07) is 15.1. The smallest absolute Gasteiger partial charge is 0.256 e. The summed E-state index contributed by atoms with van der Waals surface area (Å²) in [5, 5.41) is 6.59. The van der Waals surface area contributed by atoms with Gasteiger partial charge in [-0.3, -0.25) is 9.59 Å². The number of hydrogen-bond acceptors (Lipinski definition) is 7. The van der Waals surface area contributed by atoms with Crippen molar-refractivity contribution in [2.24, 2.45) is 0 Å². The Hall–Kier alpha value is -3.04. The van der Waals surface area contributed by atoms with Crippen molar-refractivity contribution in [1.29, 1.82) is 0 Å². The number of aromatic nitrogens is 1. The molecular formula is C22H19N3O4S2. The molecule has 0 unspecified atom stereocenters. The first-order chi connectivity index (χ1) is 15.2. The van der Waals surface area contributed by atoms with Gasteiger partial charge in [-0.1, -0.05) is 53.4 Å². The Morgan fingerprint density at radius 2 is 1.90 bits per heavy atom. The topological polar surface area (TPSA) is 89.6 Å². The van der Waals surface area contributed by atoms with Crippen LogP contribution in [0.1, 0.15) is 23.2 Å². The normalized spacial score (nSPS) is 14.3. The summed E-state index contributed by atoms with van der Waals surface area (Å²) in [5.41, 5.74) is 2.05. The van der Waals surface area contributed by atoms with Crippen LogP contribution in [0.2, 0.25) is 0 Å². The van der Waals surface area contributed by atoms with Crippen molar-refractivity contribution >= 4 is 39.9 Å². The summed E-state index contributed by atoms with van der Waals surface area (Å²) < 4.78 is 11.4. The zero-order valence-electron chi connectivity index (χ0n) is 16.4. The van der Waals surface area contributed by atoms with Crippen molar-refractivity contribution in [2.45, 2.75) is 23.2 Å². The van der Waals surface area contributed by atoms with E-state index in [0.29, 0.717) is 39.6 Å². The maximum Gasteiger partial charge on any atom is 0.256 e. The van der Waals surface area contributed by atoms with E-state index in [1.165, 1.54) is 23.1 Å². The summed E-state index contributed by atoms with van der Waals surface area (Å²) in [6.45, 7) is 0.155. The zero-order valence-corrected chi connectivity index (χ0v) is 18.1. The maximum atomic E-state index is 12.9. The van der Waals surface area contributed by atoms with Gasteiger partial charge in [0.15, 0.2) is 15.8 Å². The van der Waals surface area contributed by atoms with Gasteiger partial charge in [0.05, 0.1) is 5.75 Å². The average molecular weight is 454 g/mol. The number of amides is 2. The average Bonchev–Trinajstić information content (AvgIpc) is 3.32. The largest absolute Gasteiger partial charge is 0.454 e. The van der Waals surface area contributed by atoms with Crippen LogP contribution in [0.15, 0.2) is 52.9 Å². The van der Waals surface area contributed by atoms with Gasteiger partial charge in [0.25, 0.3) is 5.91 Å². The Bertz CT molecular complexity index is 1130. The van der Waals surface area contributed by atoms with Crippen LogP contribution in [0, 0.1) is 0 Å². The Morgan fingerprint density at radius 1 is 1.10 bits per heavy atom. The van der Waals surface area contributed by atoms with E-state index in [4.69, 9.17) is 14.5 Å². The SMILES string of the molecule is O=C(CSc1nc(-c2ccccc2)c(NC(=O)c2ccc3c(c2)OCO3)s1)NC1CC1. The number of carbonyl (C=O) groups excluding carboxylic acids is 2. The van der Waals surface area contributed by atoms with Crippen molar-refractivity contribution in [1.82, 2.24) is 10.3 Å². The van der Waals surface area contributed by atoms with Crippen molar-refractivity contribution in [3.63, 3.8) is 0 Å². The summed E-state index contributed by atoms with van der Waals surface area (Å²) in [5.74, 6) is 1.23. The van der Waals surface area contributed by atoms with E-state index in [9.17, 15) is 9.59 Å². The van der Waals surface area contributed by atoms with E-state index >= 15 is 0 Å². The minimum Gasteiger partial charge on any atom is -0.454 e. The second kappa shape index (κ2) is 8.60. The predicted octanol–water partition coefficient (Wildman–Crippen LogP) is 4.16. The lowest BCUT2D eigenvalue weighted by Gasteiger charge is -2.06. The summed E-state index contributed by atoms with van der Waals surface area (Å²) in [4.78, 5) is 29.6. The van der Waals surface area contributed by atoms with E-state index in [1.54, 1.807) is 18.2 Å². The van der Waals surface area contributed by atoms with Crippen LogP contribution in [-0.2, 0) is 4.79 Å². The lowest BCUT2D eigenvalue weighted by molar-refractivity contribution is -0.118. The zero-order chi connectivity index (χ0) is 21.2. The van der Waals surface area contributed by atoms with Gasteiger partial charge in [0.2, 0.25) is 12.7 Å². The number of nitrogens with zero attached hydrogens (tertiary/aromatic N) is 1. The van der Waals surface area contributed by atoms with Gasteiger partial charge in [-0.15, -0.1) is 0 Å². The number of ether oxygens (including phenoxy) is 2. The third-order valence-corrected chi connectivity index (χ3v) is 6.90. The van der Waals surface area contributed by atoms with Crippen molar-refractivity contribution in [3.05, 3.63) is 54.1 Å². The number of hydrogen-bond donors (Lipinski definition) is 2. The minimum atomic E-state index is -0.262. The number of benzene rings is 2. The molecule has 0 atom stereocenters. The summed E-state index contributed by atoms with van der Waals surface area (Å²) in [7, 11) is 0. The molecule has 0 radical (unpaired) electrons. The number of thioether (sulfide) groups is 1. The molecule has 7 nitrogen and oxygen atoms in total. The molecule has 1 fully saturated rings.